The van der Waals surface area contributed by atoms with Crippen molar-refractivity contribution in [3.63, 3.8) is 0 Å². The molecule has 3 aromatic carbocycles. The fourth-order valence-corrected chi connectivity index (χ4v) is 4.20. The maximum absolute atomic E-state index is 13.4. The Morgan fingerprint density at radius 2 is 1.53 bits per heavy atom. The molecule has 0 atom stereocenters. The Morgan fingerprint density at radius 1 is 0.853 bits per heavy atom. The van der Waals surface area contributed by atoms with E-state index in [2.05, 4.69) is 34.2 Å². The Bertz CT molecular complexity index is 1260. The van der Waals surface area contributed by atoms with Gasteiger partial charge in [-0.25, -0.2) is 4.98 Å². The highest BCUT2D eigenvalue weighted by atomic mass is 16.4. The third-order valence-electron chi connectivity index (χ3n) is 6.08. The Kier molecular flexibility index (Phi) is 6.64. The van der Waals surface area contributed by atoms with Gasteiger partial charge in [0.15, 0.2) is 5.76 Å². The van der Waals surface area contributed by atoms with Gasteiger partial charge in [0, 0.05) is 43.9 Å². The molecule has 5 rings (SSSR count). The summed E-state index contributed by atoms with van der Waals surface area (Å²) in [5.74, 6) is 1.18. The lowest BCUT2D eigenvalue weighted by Gasteiger charge is -2.34. The van der Waals surface area contributed by atoms with E-state index >= 15 is 0 Å². The van der Waals surface area contributed by atoms with Crippen molar-refractivity contribution in [1.29, 1.82) is 0 Å². The van der Waals surface area contributed by atoms with Gasteiger partial charge in [0.05, 0.1) is 11.8 Å². The van der Waals surface area contributed by atoms with Crippen molar-refractivity contribution < 1.29 is 9.21 Å². The van der Waals surface area contributed by atoms with Gasteiger partial charge < -0.3 is 9.32 Å². The molecule has 0 unspecified atom stereocenters. The second-order valence-electron chi connectivity index (χ2n) is 8.35. The molecule has 1 aliphatic rings. The number of aromatic nitrogens is 1. The van der Waals surface area contributed by atoms with E-state index in [1.165, 1.54) is 5.56 Å². The summed E-state index contributed by atoms with van der Waals surface area (Å²) in [6.45, 7) is 3.99. The maximum atomic E-state index is 13.4. The zero-order chi connectivity index (χ0) is 23.2. The first-order valence-electron chi connectivity index (χ1n) is 11.6. The van der Waals surface area contributed by atoms with Crippen molar-refractivity contribution in [3.05, 3.63) is 108 Å². The van der Waals surface area contributed by atoms with Crippen molar-refractivity contribution in [2.45, 2.75) is 0 Å². The fourth-order valence-electron chi connectivity index (χ4n) is 4.20. The molecule has 0 spiro atoms. The number of carbonyl (C=O) groups is 1. The molecule has 1 aromatic heterocycles. The zero-order valence-electron chi connectivity index (χ0n) is 19.0. The van der Waals surface area contributed by atoms with Crippen LogP contribution in [0.3, 0.4) is 0 Å². The second-order valence-corrected chi connectivity index (χ2v) is 8.35. The van der Waals surface area contributed by atoms with Gasteiger partial charge in [-0.2, -0.15) is 0 Å². The zero-order valence-corrected chi connectivity index (χ0v) is 19.0. The van der Waals surface area contributed by atoms with Crippen LogP contribution in [0.25, 0.3) is 28.9 Å². The number of carbonyl (C=O) groups excluding carboxylic acids is 1. The molecule has 4 aromatic rings. The van der Waals surface area contributed by atoms with E-state index in [-0.39, 0.29) is 5.91 Å². The quantitative estimate of drug-likeness (QED) is 0.391. The van der Waals surface area contributed by atoms with Crippen LogP contribution < -0.4 is 0 Å². The molecule has 34 heavy (non-hydrogen) atoms. The van der Waals surface area contributed by atoms with E-state index in [1.807, 2.05) is 77.7 Å². The number of piperazine rings is 1. The third-order valence-corrected chi connectivity index (χ3v) is 6.08. The number of hydrogen-bond donors (Lipinski definition) is 0. The Labute approximate surface area is 200 Å². The van der Waals surface area contributed by atoms with E-state index in [0.717, 1.165) is 30.8 Å². The highest BCUT2D eigenvalue weighted by molar-refractivity contribution is 6.00. The molecule has 0 aliphatic carbocycles. The molecular formula is C29H27N3O2. The summed E-state index contributed by atoms with van der Waals surface area (Å²) in [5, 5.41) is 0. The highest BCUT2D eigenvalue weighted by Crippen LogP contribution is 2.29. The molecule has 0 N–H and O–H groups in total. The summed E-state index contributed by atoms with van der Waals surface area (Å²) in [4.78, 5) is 22.2. The SMILES string of the molecule is O=C(c1ccccc1-c1ncc(-c2ccccc2)o1)N1CCN(C/C=C/c2ccccc2)CC1. The molecule has 0 radical (unpaired) electrons. The summed E-state index contributed by atoms with van der Waals surface area (Å²) >= 11 is 0. The minimum absolute atomic E-state index is 0.0227. The van der Waals surface area contributed by atoms with E-state index in [1.54, 1.807) is 6.20 Å². The van der Waals surface area contributed by atoms with Crippen LogP contribution in [0, 0.1) is 0 Å². The van der Waals surface area contributed by atoms with Crippen molar-refractivity contribution in [3.8, 4) is 22.8 Å². The van der Waals surface area contributed by atoms with Gasteiger partial charge in [-0.3, -0.25) is 9.69 Å². The van der Waals surface area contributed by atoms with Crippen molar-refractivity contribution in [1.82, 2.24) is 14.8 Å². The van der Waals surface area contributed by atoms with E-state index < -0.39 is 0 Å². The minimum atomic E-state index is 0.0227. The van der Waals surface area contributed by atoms with Crippen LogP contribution in [-0.4, -0.2) is 53.4 Å². The highest BCUT2D eigenvalue weighted by Gasteiger charge is 2.25. The summed E-state index contributed by atoms with van der Waals surface area (Å²) in [7, 11) is 0. The molecule has 1 amide bonds. The van der Waals surface area contributed by atoms with Crippen LogP contribution in [0.1, 0.15) is 15.9 Å². The van der Waals surface area contributed by atoms with E-state index in [4.69, 9.17) is 4.42 Å². The minimum Gasteiger partial charge on any atom is -0.436 e. The number of hydrogen-bond acceptors (Lipinski definition) is 4. The first kappa shape index (κ1) is 21.9. The van der Waals surface area contributed by atoms with Crippen LogP contribution >= 0.6 is 0 Å². The van der Waals surface area contributed by atoms with Crippen molar-refractivity contribution in [2.75, 3.05) is 32.7 Å². The monoisotopic (exact) mass is 449 g/mol. The number of benzene rings is 3. The normalized spacial score (nSPS) is 14.5. The smallest absolute Gasteiger partial charge is 0.254 e. The number of nitrogens with zero attached hydrogens (tertiary/aromatic N) is 3. The largest absolute Gasteiger partial charge is 0.436 e. The molecular weight excluding hydrogens is 422 g/mol. The topological polar surface area (TPSA) is 49.6 Å². The average Bonchev–Trinajstić information content (AvgIpc) is 3.40. The molecule has 170 valence electrons. The number of amides is 1. The van der Waals surface area contributed by atoms with Crippen LogP contribution in [0.2, 0.25) is 0 Å². The Balaban J connectivity index is 1.24. The third kappa shape index (κ3) is 5.00. The van der Waals surface area contributed by atoms with Gasteiger partial charge in [0.25, 0.3) is 5.91 Å². The van der Waals surface area contributed by atoms with Gasteiger partial charge >= 0.3 is 0 Å². The summed E-state index contributed by atoms with van der Waals surface area (Å²) in [5.41, 5.74) is 3.52. The van der Waals surface area contributed by atoms with Crippen LogP contribution in [-0.2, 0) is 0 Å². The molecule has 1 aliphatic heterocycles. The lowest BCUT2D eigenvalue weighted by molar-refractivity contribution is 0.0651. The van der Waals surface area contributed by atoms with E-state index in [9.17, 15) is 4.79 Å². The van der Waals surface area contributed by atoms with Gasteiger partial charge in [-0.05, 0) is 17.7 Å². The number of oxazole rings is 1. The summed E-state index contributed by atoms with van der Waals surface area (Å²) in [6, 6.07) is 27.7. The predicted molar refractivity (Wildman–Crippen MR) is 135 cm³/mol. The van der Waals surface area contributed by atoms with Crippen LogP contribution in [0.15, 0.2) is 102 Å². The summed E-state index contributed by atoms with van der Waals surface area (Å²) < 4.78 is 6.03. The summed E-state index contributed by atoms with van der Waals surface area (Å²) in [6.07, 6.45) is 6.05. The van der Waals surface area contributed by atoms with Gasteiger partial charge in [0.2, 0.25) is 5.89 Å². The van der Waals surface area contributed by atoms with Gasteiger partial charge in [-0.15, -0.1) is 0 Å². The predicted octanol–water partition coefficient (Wildman–Crippen LogP) is 5.48. The standard InChI is InChI=1S/C29H27N3O2/c33-29(32-20-18-31(19-21-32)17-9-12-23-10-3-1-4-11-23)26-16-8-7-15-25(26)28-30-22-27(34-28)24-13-5-2-6-14-24/h1-16,22H,17-21H2/b12-9+. The molecule has 0 saturated carbocycles. The maximum Gasteiger partial charge on any atom is 0.254 e. The first-order chi connectivity index (χ1) is 16.8. The van der Waals surface area contributed by atoms with Crippen LogP contribution in [0.4, 0.5) is 0 Å². The fraction of sp³-hybridized carbons (Fsp3) is 0.172. The van der Waals surface area contributed by atoms with Gasteiger partial charge in [-0.1, -0.05) is 84.9 Å². The molecule has 1 saturated heterocycles. The molecule has 2 heterocycles. The average molecular weight is 450 g/mol. The Hall–Kier alpha value is -3.96. The lowest BCUT2D eigenvalue weighted by atomic mass is 10.1. The molecule has 5 nitrogen and oxygen atoms in total. The number of rotatable bonds is 6. The molecule has 0 bridgehead atoms. The lowest BCUT2D eigenvalue weighted by Crippen LogP contribution is -2.48. The van der Waals surface area contributed by atoms with Crippen LogP contribution in [0.5, 0.6) is 0 Å². The van der Waals surface area contributed by atoms with E-state index in [0.29, 0.717) is 30.3 Å². The Morgan fingerprint density at radius 3 is 2.29 bits per heavy atom. The van der Waals surface area contributed by atoms with Crippen molar-refractivity contribution in [2.24, 2.45) is 0 Å². The van der Waals surface area contributed by atoms with Gasteiger partial charge in [0.1, 0.15) is 0 Å². The molecule has 5 heteroatoms. The molecule has 1 fully saturated rings. The second kappa shape index (κ2) is 10.3. The first-order valence-corrected chi connectivity index (χ1v) is 11.6. The van der Waals surface area contributed by atoms with Crippen molar-refractivity contribution >= 4 is 12.0 Å².